The van der Waals surface area contributed by atoms with Crippen LogP contribution < -0.4 is 4.74 Å². The van der Waals surface area contributed by atoms with Gasteiger partial charge < -0.3 is 19.5 Å². The number of hydrogen-bond donors (Lipinski definition) is 1. The molecule has 4 aliphatic rings. The minimum absolute atomic E-state index is 0.0225. The summed E-state index contributed by atoms with van der Waals surface area (Å²) in [5.74, 6) is -0.558. The molecule has 1 amide bonds. The lowest BCUT2D eigenvalue weighted by Crippen LogP contribution is -2.59. The molecule has 2 saturated heterocycles. The first-order chi connectivity index (χ1) is 19.2. The number of carboxylic acids is 1. The van der Waals surface area contributed by atoms with Gasteiger partial charge in [0.1, 0.15) is 17.2 Å². The number of carbonyl (C=O) groups is 2. The van der Waals surface area contributed by atoms with Crippen molar-refractivity contribution in [1.82, 2.24) is 9.80 Å². The summed E-state index contributed by atoms with van der Waals surface area (Å²) in [5.41, 5.74) is 1.78. The highest BCUT2D eigenvalue weighted by Gasteiger charge is 2.56. The van der Waals surface area contributed by atoms with Gasteiger partial charge >= 0.3 is 5.97 Å². The first kappa shape index (κ1) is 27.5. The number of likely N-dealkylation sites (tertiary alicyclic amines) is 1. The summed E-state index contributed by atoms with van der Waals surface area (Å²) < 4.78 is 26.5. The molecule has 214 valence electrons. The topological polar surface area (TPSA) is 79.3 Å². The molecule has 2 aromatic carbocycles. The molecule has 1 N–H and O–H groups in total. The Hall–Kier alpha value is -2.68. The third-order valence-corrected chi connectivity index (χ3v) is 9.64. The predicted octanol–water partition coefficient (Wildman–Crippen LogP) is 5.62. The summed E-state index contributed by atoms with van der Waals surface area (Å²) in [7, 11) is 0. The Kier molecular flexibility index (Phi) is 7.30. The van der Waals surface area contributed by atoms with E-state index in [4.69, 9.17) is 21.1 Å². The Bertz CT molecular complexity index is 1320. The van der Waals surface area contributed by atoms with Crippen molar-refractivity contribution in [3.05, 3.63) is 63.4 Å². The summed E-state index contributed by atoms with van der Waals surface area (Å²) >= 11 is 6.38. The Balaban J connectivity index is 1.10. The number of fused-ring (bicyclic) bond motifs is 1. The molecule has 4 atom stereocenters. The summed E-state index contributed by atoms with van der Waals surface area (Å²) in [5, 5.41) is 9.92. The molecule has 3 aliphatic heterocycles. The average molecular weight is 571 g/mol. The maximum Gasteiger partial charge on any atom is 0.338 e. The molecular formula is C31H36ClFN2O5. The van der Waals surface area contributed by atoms with Gasteiger partial charge in [0.05, 0.1) is 23.7 Å². The van der Waals surface area contributed by atoms with Gasteiger partial charge in [-0.15, -0.1) is 0 Å². The molecule has 1 saturated carbocycles. The fourth-order valence-corrected chi connectivity index (χ4v) is 7.45. The van der Waals surface area contributed by atoms with Crippen LogP contribution in [0.5, 0.6) is 5.75 Å². The van der Waals surface area contributed by atoms with Gasteiger partial charge in [-0.25, -0.2) is 9.18 Å². The molecule has 0 aromatic heterocycles. The zero-order valence-corrected chi connectivity index (χ0v) is 23.8. The number of halogens is 2. The van der Waals surface area contributed by atoms with Crippen LogP contribution in [-0.2, 0) is 16.1 Å². The van der Waals surface area contributed by atoms with Crippen molar-refractivity contribution in [1.29, 1.82) is 0 Å². The minimum atomic E-state index is -1.24. The van der Waals surface area contributed by atoms with E-state index in [1.165, 1.54) is 12.1 Å². The third-order valence-electron chi connectivity index (χ3n) is 9.36. The molecule has 2 aromatic rings. The Morgan fingerprint density at radius 3 is 2.62 bits per heavy atom. The minimum Gasteiger partial charge on any atom is -0.478 e. The summed E-state index contributed by atoms with van der Waals surface area (Å²) in [6, 6.07) is 8.61. The van der Waals surface area contributed by atoms with E-state index in [0.717, 1.165) is 55.5 Å². The van der Waals surface area contributed by atoms with E-state index >= 15 is 0 Å². The standard InChI is InChI=1S/C31H36ClFN2O5/c1-18-11-21-15-35(17-39-28(21)26(32)12-18)30(38)31(22-4-5-22)9-7-23(16-40-31)34-10-8-24(19(2)14-34)20-3-6-27(33)25(13-20)29(36)37/h3,6,11-13,19,22-24H,4-5,7-10,14-17H2,1-2H3,(H,36,37)/t19-,23+,24-,31-/m0/s1. The number of aromatic carboxylic acids is 1. The van der Waals surface area contributed by atoms with Gasteiger partial charge in [0.2, 0.25) is 0 Å². The summed E-state index contributed by atoms with van der Waals surface area (Å²) in [6.45, 7) is 7.01. The van der Waals surface area contributed by atoms with Gasteiger partial charge in [0.25, 0.3) is 5.91 Å². The maximum atomic E-state index is 14.0. The van der Waals surface area contributed by atoms with Crippen molar-refractivity contribution in [2.24, 2.45) is 11.8 Å². The van der Waals surface area contributed by atoms with Gasteiger partial charge in [-0.05, 0) is 92.7 Å². The van der Waals surface area contributed by atoms with E-state index in [-0.39, 0.29) is 42.0 Å². The van der Waals surface area contributed by atoms with Gasteiger partial charge in [0.15, 0.2) is 6.73 Å². The molecular weight excluding hydrogens is 535 g/mol. The van der Waals surface area contributed by atoms with E-state index < -0.39 is 17.4 Å². The van der Waals surface area contributed by atoms with E-state index in [1.807, 2.05) is 19.1 Å². The van der Waals surface area contributed by atoms with Crippen LogP contribution in [-0.4, -0.2) is 64.9 Å². The second-order valence-corrected chi connectivity index (χ2v) is 12.5. The second-order valence-electron chi connectivity index (χ2n) is 12.1. The number of benzene rings is 2. The molecule has 3 heterocycles. The number of amides is 1. The number of ether oxygens (including phenoxy) is 2. The van der Waals surface area contributed by atoms with Crippen LogP contribution in [0.3, 0.4) is 0 Å². The molecule has 1 aliphatic carbocycles. The number of carbonyl (C=O) groups excluding carboxylic acids is 1. The van der Waals surface area contributed by atoms with Crippen LogP contribution in [0.15, 0.2) is 30.3 Å². The van der Waals surface area contributed by atoms with E-state index in [2.05, 4.69) is 11.8 Å². The molecule has 0 bridgehead atoms. The molecule has 0 radical (unpaired) electrons. The smallest absolute Gasteiger partial charge is 0.338 e. The zero-order valence-electron chi connectivity index (χ0n) is 23.0. The van der Waals surface area contributed by atoms with Gasteiger partial charge in [-0.3, -0.25) is 9.69 Å². The molecule has 0 unspecified atom stereocenters. The predicted molar refractivity (Wildman–Crippen MR) is 148 cm³/mol. The maximum absolute atomic E-state index is 14.0. The molecule has 7 nitrogen and oxygen atoms in total. The number of hydrogen-bond acceptors (Lipinski definition) is 5. The van der Waals surface area contributed by atoms with Crippen molar-refractivity contribution in [2.75, 3.05) is 26.4 Å². The van der Waals surface area contributed by atoms with Crippen molar-refractivity contribution in [2.45, 2.75) is 70.1 Å². The highest BCUT2D eigenvalue weighted by molar-refractivity contribution is 6.32. The quantitative estimate of drug-likeness (QED) is 0.503. The van der Waals surface area contributed by atoms with Gasteiger partial charge in [-0.1, -0.05) is 30.7 Å². The average Bonchev–Trinajstić information content (AvgIpc) is 3.79. The number of nitrogens with zero attached hydrogens (tertiary/aromatic N) is 2. The highest BCUT2D eigenvalue weighted by atomic mass is 35.5. The van der Waals surface area contributed by atoms with Crippen molar-refractivity contribution in [3.63, 3.8) is 0 Å². The second kappa shape index (κ2) is 10.6. The lowest BCUT2D eigenvalue weighted by atomic mass is 9.79. The van der Waals surface area contributed by atoms with Crippen molar-refractivity contribution < 1.29 is 28.6 Å². The number of piperidine rings is 1. The Morgan fingerprint density at radius 1 is 1.15 bits per heavy atom. The number of carboxylic acid groups (broad SMARTS) is 1. The van der Waals surface area contributed by atoms with Gasteiger partial charge in [-0.2, -0.15) is 0 Å². The van der Waals surface area contributed by atoms with Crippen LogP contribution in [0.25, 0.3) is 0 Å². The molecule has 9 heteroatoms. The van der Waals surface area contributed by atoms with E-state index in [9.17, 15) is 19.1 Å². The van der Waals surface area contributed by atoms with Crippen molar-refractivity contribution >= 4 is 23.5 Å². The molecule has 40 heavy (non-hydrogen) atoms. The van der Waals surface area contributed by atoms with Crippen LogP contribution in [0.1, 0.15) is 72.0 Å². The Morgan fingerprint density at radius 2 is 1.95 bits per heavy atom. The number of rotatable bonds is 5. The van der Waals surface area contributed by atoms with Crippen LogP contribution in [0.2, 0.25) is 5.02 Å². The monoisotopic (exact) mass is 570 g/mol. The van der Waals surface area contributed by atoms with Crippen molar-refractivity contribution in [3.8, 4) is 5.75 Å². The van der Waals surface area contributed by atoms with E-state index in [1.54, 1.807) is 11.0 Å². The fourth-order valence-electron chi connectivity index (χ4n) is 7.10. The SMILES string of the molecule is Cc1cc(Cl)c2c(c1)CN(C(=O)[C@@]1(C3CC3)CC[C@@H](N3CC[C@H](c4ccc(F)c(C(=O)O)c4)[C@@H](C)C3)CO1)CO2. The first-order valence-electron chi connectivity index (χ1n) is 14.3. The lowest BCUT2D eigenvalue weighted by molar-refractivity contribution is -0.180. The van der Waals surface area contributed by atoms with E-state index in [0.29, 0.717) is 30.3 Å². The fraction of sp³-hybridized carbons (Fsp3) is 0.548. The molecule has 6 rings (SSSR count). The normalized spacial score (nSPS) is 29.0. The first-order valence-corrected chi connectivity index (χ1v) is 14.7. The highest BCUT2D eigenvalue weighted by Crippen LogP contribution is 2.49. The lowest BCUT2D eigenvalue weighted by Gasteiger charge is -2.47. The largest absolute Gasteiger partial charge is 0.478 e. The molecule has 3 fully saturated rings. The third kappa shape index (κ3) is 4.99. The molecule has 0 spiro atoms. The Labute approximate surface area is 239 Å². The van der Waals surface area contributed by atoms with Crippen LogP contribution in [0.4, 0.5) is 4.39 Å². The summed E-state index contributed by atoms with van der Waals surface area (Å²) in [6.07, 6.45) is 4.45. The van der Waals surface area contributed by atoms with Crippen LogP contribution >= 0.6 is 11.6 Å². The van der Waals surface area contributed by atoms with Crippen LogP contribution in [0, 0.1) is 24.6 Å². The summed E-state index contributed by atoms with van der Waals surface area (Å²) in [4.78, 5) is 29.6. The number of aryl methyl sites for hydroxylation is 1. The zero-order chi connectivity index (χ0) is 28.2. The van der Waals surface area contributed by atoms with Gasteiger partial charge in [0, 0.05) is 18.2 Å².